The summed E-state index contributed by atoms with van der Waals surface area (Å²) in [5.41, 5.74) is 1.40. The van der Waals surface area contributed by atoms with Crippen LogP contribution in [0.4, 0.5) is 0 Å². The average Bonchev–Trinajstić information content (AvgIpc) is 3.06. The maximum absolute atomic E-state index is 12.4. The highest BCUT2D eigenvalue weighted by Crippen LogP contribution is 2.23. The molecule has 3 rings (SSSR count). The van der Waals surface area contributed by atoms with Crippen LogP contribution in [0.25, 0.3) is 0 Å². The van der Waals surface area contributed by atoms with Gasteiger partial charge in [-0.3, -0.25) is 4.79 Å². The standard InChI is InChI=1S/C16H20BrN5O/c1-11(13-4-2-3-5-14(13)17)19-16(23)15-10-22(21-20-15)12-6-8-18-9-7-12/h2-5,10-12,18H,6-9H2,1H3,(H,19,23). The number of piperidine rings is 1. The maximum Gasteiger partial charge on any atom is 0.273 e. The highest BCUT2D eigenvalue weighted by molar-refractivity contribution is 9.10. The van der Waals surface area contributed by atoms with Gasteiger partial charge in [0.1, 0.15) is 0 Å². The Balaban J connectivity index is 1.66. The smallest absolute Gasteiger partial charge is 0.273 e. The summed E-state index contributed by atoms with van der Waals surface area (Å²) >= 11 is 3.51. The van der Waals surface area contributed by atoms with Crippen molar-refractivity contribution >= 4 is 21.8 Å². The van der Waals surface area contributed by atoms with Gasteiger partial charge in [-0.1, -0.05) is 39.3 Å². The molecule has 23 heavy (non-hydrogen) atoms. The molecule has 2 heterocycles. The largest absolute Gasteiger partial charge is 0.344 e. The van der Waals surface area contributed by atoms with E-state index in [4.69, 9.17) is 0 Å². The predicted octanol–water partition coefficient (Wildman–Crippen LogP) is 2.46. The molecule has 122 valence electrons. The van der Waals surface area contributed by atoms with Crippen molar-refractivity contribution in [1.29, 1.82) is 0 Å². The first-order valence-corrected chi connectivity index (χ1v) is 8.62. The van der Waals surface area contributed by atoms with Crippen LogP contribution in [0.2, 0.25) is 0 Å². The Hall–Kier alpha value is -1.73. The van der Waals surface area contributed by atoms with Gasteiger partial charge in [-0.2, -0.15) is 0 Å². The van der Waals surface area contributed by atoms with E-state index in [1.807, 2.05) is 35.9 Å². The Bertz CT molecular complexity index is 681. The quantitative estimate of drug-likeness (QED) is 0.858. The van der Waals surface area contributed by atoms with E-state index < -0.39 is 0 Å². The molecule has 0 bridgehead atoms. The van der Waals surface area contributed by atoms with Gasteiger partial charge in [0.05, 0.1) is 18.3 Å². The van der Waals surface area contributed by atoms with Crippen LogP contribution in [0.5, 0.6) is 0 Å². The third-order valence-corrected chi connectivity index (χ3v) is 4.87. The van der Waals surface area contributed by atoms with Crippen molar-refractivity contribution in [2.75, 3.05) is 13.1 Å². The molecular weight excluding hydrogens is 358 g/mol. The van der Waals surface area contributed by atoms with Gasteiger partial charge >= 0.3 is 0 Å². The van der Waals surface area contributed by atoms with Crippen molar-refractivity contribution in [1.82, 2.24) is 25.6 Å². The summed E-state index contributed by atoms with van der Waals surface area (Å²) < 4.78 is 2.80. The molecular formula is C16H20BrN5O. The lowest BCUT2D eigenvalue weighted by molar-refractivity contribution is 0.0934. The molecule has 1 aliphatic rings. The molecule has 1 fully saturated rings. The van der Waals surface area contributed by atoms with E-state index in [0.717, 1.165) is 36.0 Å². The number of carbonyl (C=O) groups excluding carboxylic acids is 1. The molecule has 1 amide bonds. The van der Waals surface area contributed by atoms with Gasteiger partial charge in [-0.25, -0.2) is 4.68 Å². The molecule has 6 nitrogen and oxygen atoms in total. The minimum Gasteiger partial charge on any atom is -0.344 e. The minimum atomic E-state index is -0.201. The number of amides is 1. The zero-order valence-electron chi connectivity index (χ0n) is 13.0. The zero-order chi connectivity index (χ0) is 16.2. The summed E-state index contributed by atoms with van der Waals surface area (Å²) in [5, 5.41) is 14.4. The Kier molecular flexibility index (Phi) is 5.07. The topological polar surface area (TPSA) is 71.8 Å². The highest BCUT2D eigenvalue weighted by atomic mass is 79.9. The van der Waals surface area contributed by atoms with E-state index in [2.05, 4.69) is 36.9 Å². The second-order valence-corrected chi connectivity index (χ2v) is 6.64. The number of hydrogen-bond acceptors (Lipinski definition) is 4. The Morgan fingerprint density at radius 2 is 2.13 bits per heavy atom. The van der Waals surface area contributed by atoms with Crippen molar-refractivity contribution in [2.24, 2.45) is 0 Å². The van der Waals surface area contributed by atoms with Crippen LogP contribution in [0.15, 0.2) is 34.9 Å². The van der Waals surface area contributed by atoms with Crippen LogP contribution in [0, 0.1) is 0 Å². The van der Waals surface area contributed by atoms with Crippen LogP contribution >= 0.6 is 15.9 Å². The molecule has 1 aromatic heterocycles. The van der Waals surface area contributed by atoms with Crippen molar-refractivity contribution in [2.45, 2.75) is 31.8 Å². The molecule has 2 aromatic rings. The van der Waals surface area contributed by atoms with Gasteiger partial charge in [0, 0.05) is 4.47 Å². The molecule has 1 aromatic carbocycles. The number of carbonyl (C=O) groups is 1. The van der Waals surface area contributed by atoms with Gasteiger partial charge in [0.25, 0.3) is 5.91 Å². The number of halogens is 1. The Morgan fingerprint density at radius 1 is 1.39 bits per heavy atom. The number of hydrogen-bond donors (Lipinski definition) is 2. The molecule has 1 atom stereocenters. The van der Waals surface area contributed by atoms with Crippen molar-refractivity contribution < 1.29 is 4.79 Å². The zero-order valence-corrected chi connectivity index (χ0v) is 14.6. The molecule has 0 spiro atoms. The molecule has 0 aliphatic carbocycles. The first-order chi connectivity index (χ1) is 11.1. The average molecular weight is 378 g/mol. The minimum absolute atomic E-state index is 0.109. The van der Waals surface area contributed by atoms with Crippen LogP contribution in [0.3, 0.4) is 0 Å². The van der Waals surface area contributed by atoms with E-state index in [1.165, 1.54) is 0 Å². The predicted molar refractivity (Wildman–Crippen MR) is 91.2 cm³/mol. The van der Waals surface area contributed by atoms with E-state index in [0.29, 0.717) is 11.7 Å². The van der Waals surface area contributed by atoms with Crippen molar-refractivity contribution in [3.63, 3.8) is 0 Å². The fraction of sp³-hybridized carbons (Fsp3) is 0.438. The van der Waals surface area contributed by atoms with Crippen LogP contribution in [-0.4, -0.2) is 34.0 Å². The van der Waals surface area contributed by atoms with Crippen LogP contribution in [-0.2, 0) is 0 Å². The summed E-state index contributed by atoms with van der Waals surface area (Å²) in [4.78, 5) is 12.4. The fourth-order valence-electron chi connectivity index (χ4n) is 2.81. The maximum atomic E-state index is 12.4. The first-order valence-electron chi connectivity index (χ1n) is 7.83. The molecule has 7 heteroatoms. The van der Waals surface area contributed by atoms with E-state index in [-0.39, 0.29) is 11.9 Å². The number of benzene rings is 1. The van der Waals surface area contributed by atoms with Gasteiger partial charge in [-0.05, 0) is 44.5 Å². The summed E-state index contributed by atoms with van der Waals surface area (Å²) in [6.07, 6.45) is 3.77. The molecule has 0 radical (unpaired) electrons. The Morgan fingerprint density at radius 3 is 2.87 bits per heavy atom. The third kappa shape index (κ3) is 3.79. The van der Waals surface area contributed by atoms with Gasteiger partial charge in [0.2, 0.25) is 0 Å². The normalized spacial score (nSPS) is 17.0. The SMILES string of the molecule is CC(NC(=O)c1cn(C2CCNCC2)nn1)c1ccccc1Br. The fourth-order valence-corrected chi connectivity index (χ4v) is 3.43. The lowest BCUT2D eigenvalue weighted by Gasteiger charge is -2.22. The van der Waals surface area contributed by atoms with Crippen LogP contribution < -0.4 is 10.6 Å². The Labute approximate surface area is 143 Å². The lowest BCUT2D eigenvalue weighted by Crippen LogP contribution is -2.29. The van der Waals surface area contributed by atoms with Crippen molar-refractivity contribution in [3.05, 3.63) is 46.2 Å². The summed E-state index contributed by atoms with van der Waals surface area (Å²) in [6, 6.07) is 8.07. The second kappa shape index (κ2) is 7.23. The summed E-state index contributed by atoms with van der Waals surface area (Å²) in [5.74, 6) is -0.201. The van der Waals surface area contributed by atoms with E-state index in [1.54, 1.807) is 6.20 Å². The molecule has 2 N–H and O–H groups in total. The summed E-state index contributed by atoms with van der Waals surface area (Å²) in [6.45, 7) is 3.91. The molecule has 1 saturated heterocycles. The second-order valence-electron chi connectivity index (χ2n) is 5.78. The van der Waals surface area contributed by atoms with Crippen molar-refractivity contribution in [3.8, 4) is 0 Å². The highest BCUT2D eigenvalue weighted by Gasteiger charge is 2.20. The number of nitrogens with one attached hydrogen (secondary N) is 2. The van der Waals surface area contributed by atoms with Crippen LogP contribution in [0.1, 0.15) is 47.9 Å². The van der Waals surface area contributed by atoms with Gasteiger partial charge in [0.15, 0.2) is 5.69 Å². The summed E-state index contributed by atoms with van der Waals surface area (Å²) in [7, 11) is 0. The third-order valence-electron chi connectivity index (χ3n) is 4.15. The van der Waals surface area contributed by atoms with E-state index >= 15 is 0 Å². The van der Waals surface area contributed by atoms with E-state index in [9.17, 15) is 4.79 Å². The molecule has 0 saturated carbocycles. The van der Waals surface area contributed by atoms with Gasteiger partial charge in [-0.15, -0.1) is 5.10 Å². The lowest BCUT2D eigenvalue weighted by atomic mass is 10.1. The van der Waals surface area contributed by atoms with Gasteiger partial charge < -0.3 is 10.6 Å². The number of aromatic nitrogens is 3. The first kappa shape index (κ1) is 16.1. The number of nitrogens with zero attached hydrogens (tertiary/aromatic N) is 3. The monoisotopic (exact) mass is 377 g/mol. The molecule has 1 unspecified atom stereocenters. The molecule has 1 aliphatic heterocycles. The number of rotatable bonds is 4.